The highest BCUT2D eigenvalue weighted by Gasteiger charge is 2.40. The standard InChI is InChI=1S/C18H21F3N2O3S/c19-18(20,21)15(7-9-27(23,26)10-8-16(22)17(24)25)14-6-5-12-3-1-2-4-13(12)11-14/h1-6,11,15-16,23H,7-10,22H2,(H,24,25)/t15?,16-,27?/m0/s1. The highest BCUT2D eigenvalue weighted by atomic mass is 32.2. The van der Waals surface area contributed by atoms with E-state index in [0.717, 1.165) is 5.39 Å². The molecule has 5 nitrogen and oxygen atoms in total. The van der Waals surface area contributed by atoms with Gasteiger partial charge in [0.15, 0.2) is 0 Å². The van der Waals surface area contributed by atoms with Crippen LogP contribution in [0, 0.1) is 4.78 Å². The van der Waals surface area contributed by atoms with Gasteiger partial charge in [-0.3, -0.25) is 9.57 Å². The lowest BCUT2D eigenvalue weighted by Crippen LogP contribution is -2.32. The van der Waals surface area contributed by atoms with E-state index >= 15 is 0 Å². The van der Waals surface area contributed by atoms with Crippen LogP contribution in [0.15, 0.2) is 42.5 Å². The van der Waals surface area contributed by atoms with E-state index in [0.29, 0.717) is 5.39 Å². The SMILES string of the molecule is N=S(=O)(CCC(c1ccc2ccccc2c1)C(F)(F)F)CC[C@H](N)C(=O)O. The summed E-state index contributed by atoms with van der Waals surface area (Å²) in [6.07, 6.45) is -5.27. The molecule has 0 aromatic heterocycles. The van der Waals surface area contributed by atoms with Crippen molar-refractivity contribution < 1.29 is 27.3 Å². The van der Waals surface area contributed by atoms with E-state index in [4.69, 9.17) is 15.6 Å². The molecule has 148 valence electrons. The first-order valence-corrected chi connectivity index (χ1v) is 10.2. The number of nitrogens with one attached hydrogen (secondary N) is 1. The van der Waals surface area contributed by atoms with Crippen molar-refractivity contribution in [1.82, 2.24) is 0 Å². The van der Waals surface area contributed by atoms with Crippen molar-refractivity contribution in [3.8, 4) is 0 Å². The van der Waals surface area contributed by atoms with Crippen molar-refractivity contribution in [3.63, 3.8) is 0 Å². The maximum absolute atomic E-state index is 13.5. The fourth-order valence-electron chi connectivity index (χ4n) is 2.79. The lowest BCUT2D eigenvalue weighted by Gasteiger charge is -2.22. The zero-order valence-electron chi connectivity index (χ0n) is 14.4. The largest absolute Gasteiger partial charge is 0.480 e. The number of hydrogen-bond acceptors (Lipinski definition) is 4. The third-order valence-electron chi connectivity index (χ3n) is 4.38. The molecule has 2 unspecified atom stereocenters. The van der Waals surface area contributed by atoms with Crippen LogP contribution in [0.25, 0.3) is 10.8 Å². The van der Waals surface area contributed by atoms with E-state index in [2.05, 4.69) is 0 Å². The van der Waals surface area contributed by atoms with Gasteiger partial charge in [0, 0.05) is 21.2 Å². The third kappa shape index (κ3) is 5.93. The van der Waals surface area contributed by atoms with Crippen molar-refractivity contribution >= 4 is 26.5 Å². The number of benzene rings is 2. The Balaban J connectivity index is 2.16. The number of halogens is 3. The molecule has 0 aliphatic carbocycles. The Labute approximate surface area is 155 Å². The molecule has 9 heteroatoms. The van der Waals surface area contributed by atoms with Crippen molar-refractivity contribution in [3.05, 3.63) is 48.0 Å². The number of hydrogen-bond donors (Lipinski definition) is 3. The first-order chi connectivity index (χ1) is 12.5. The molecular weight excluding hydrogens is 381 g/mol. The molecule has 0 saturated heterocycles. The average molecular weight is 402 g/mol. The van der Waals surface area contributed by atoms with Gasteiger partial charge < -0.3 is 10.8 Å². The summed E-state index contributed by atoms with van der Waals surface area (Å²) in [4.78, 5) is 10.7. The molecule has 0 amide bonds. The summed E-state index contributed by atoms with van der Waals surface area (Å²) in [6, 6.07) is 10.2. The second kappa shape index (κ2) is 8.26. The molecule has 2 aromatic rings. The maximum atomic E-state index is 13.5. The fourth-order valence-corrected chi connectivity index (χ4v) is 4.25. The van der Waals surface area contributed by atoms with E-state index in [-0.39, 0.29) is 17.7 Å². The quantitative estimate of drug-likeness (QED) is 0.626. The minimum absolute atomic E-state index is 0.0543. The summed E-state index contributed by atoms with van der Waals surface area (Å²) < 4.78 is 60.7. The molecule has 0 radical (unpaired) electrons. The van der Waals surface area contributed by atoms with Gasteiger partial charge in [-0.15, -0.1) is 0 Å². The Bertz CT molecular complexity index is 913. The van der Waals surface area contributed by atoms with E-state index in [9.17, 15) is 22.2 Å². The average Bonchev–Trinajstić information content (AvgIpc) is 2.58. The van der Waals surface area contributed by atoms with Crippen molar-refractivity contribution in [2.45, 2.75) is 31.0 Å². The molecule has 0 bridgehead atoms. The second-order valence-electron chi connectivity index (χ2n) is 6.44. The van der Waals surface area contributed by atoms with Gasteiger partial charge in [-0.2, -0.15) is 13.2 Å². The normalized spacial score (nSPS) is 16.6. The Hall–Kier alpha value is -2.13. The van der Waals surface area contributed by atoms with Gasteiger partial charge in [0.2, 0.25) is 0 Å². The molecule has 0 heterocycles. The van der Waals surface area contributed by atoms with Crippen LogP contribution in [0.2, 0.25) is 0 Å². The van der Waals surface area contributed by atoms with Gasteiger partial charge in [-0.1, -0.05) is 42.5 Å². The summed E-state index contributed by atoms with van der Waals surface area (Å²) >= 11 is 0. The van der Waals surface area contributed by atoms with Crippen molar-refractivity contribution in [2.75, 3.05) is 11.5 Å². The first-order valence-electron chi connectivity index (χ1n) is 8.27. The van der Waals surface area contributed by atoms with E-state index < -0.39 is 46.0 Å². The minimum atomic E-state index is -4.55. The molecule has 4 N–H and O–H groups in total. The fraction of sp³-hybridized carbons (Fsp3) is 0.389. The topological polar surface area (TPSA) is 104 Å². The highest BCUT2D eigenvalue weighted by Crippen LogP contribution is 2.38. The molecule has 0 aliphatic rings. The number of carbonyl (C=O) groups is 1. The van der Waals surface area contributed by atoms with Gasteiger partial charge in [-0.25, -0.2) is 4.21 Å². The van der Waals surface area contributed by atoms with Gasteiger partial charge >= 0.3 is 12.1 Å². The van der Waals surface area contributed by atoms with Crippen LogP contribution in [0.3, 0.4) is 0 Å². The van der Waals surface area contributed by atoms with Crippen LogP contribution in [-0.2, 0) is 14.5 Å². The predicted octanol–water partition coefficient (Wildman–Crippen LogP) is 3.72. The molecular formula is C18H21F3N2O3S. The van der Waals surface area contributed by atoms with Crippen LogP contribution in [0.4, 0.5) is 13.2 Å². The summed E-state index contributed by atoms with van der Waals surface area (Å²) in [5.41, 5.74) is 5.36. The Morgan fingerprint density at radius 2 is 1.70 bits per heavy atom. The number of rotatable bonds is 8. The number of nitrogens with two attached hydrogens (primary N) is 1. The maximum Gasteiger partial charge on any atom is 0.395 e. The molecule has 27 heavy (non-hydrogen) atoms. The number of carboxylic acids is 1. The molecule has 0 fully saturated rings. The Morgan fingerprint density at radius 1 is 1.11 bits per heavy atom. The predicted molar refractivity (Wildman–Crippen MR) is 98.2 cm³/mol. The molecule has 2 rings (SSSR count). The second-order valence-corrected chi connectivity index (χ2v) is 8.88. The van der Waals surface area contributed by atoms with Crippen molar-refractivity contribution in [1.29, 1.82) is 4.78 Å². The first kappa shape index (κ1) is 21.2. The van der Waals surface area contributed by atoms with Crippen LogP contribution in [-0.4, -0.2) is 39.0 Å². The number of carboxylic acid groups (broad SMARTS) is 1. The molecule has 3 atom stereocenters. The number of fused-ring (bicyclic) bond motifs is 1. The monoisotopic (exact) mass is 402 g/mol. The summed E-state index contributed by atoms with van der Waals surface area (Å²) in [5, 5.41) is 10.2. The number of alkyl halides is 3. The number of aliphatic carboxylic acids is 1. The van der Waals surface area contributed by atoms with E-state index in [1.54, 1.807) is 30.3 Å². The highest BCUT2D eigenvalue weighted by molar-refractivity contribution is 7.92. The van der Waals surface area contributed by atoms with Crippen LogP contribution in [0.5, 0.6) is 0 Å². The Morgan fingerprint density at radius 3 is 2.30 bits per heavy atom. The van der Waals surface area contributed by atoms with Crippen LogP contribution >= 0.6 is 0 Å². The van der Waals surface area contributed by atoms with Gasteiger partial charge in [0.05, 0.1) is 5.92 Å². The van der Waals surface area contributed by atoms with Gasteiger partial charge in [-0.05, 0) is 29.2 Å². The van der Waals surface area contributed by atoms with Gasteiger partial charge in [0.1, 0.15) is 6.04 Å². The van der Waals surface area contributed by atoms with Gasteiger partial charge in [0.25, 0.3) is 0 Å². The van der Waals surface area contributed by atoms with Crippen LogP contribution < -0.4 is 5.73 Å². The van der Waals surface area contributed by atoms with E-state index in [1.165, 1.54) is 12.1 Å². The van der Waals surface area contributed by atoms with Crippen molar-refractivity contribution in [2.24, 2.45) is 5.73 Å². The molecule has 0 saturated carbocycles. The zero-order valence-corrected chi connectivity index (χ0v) is 15.2. The third-order valence-corrected chi connectivity index (χ3v) is 6.17. The smallest absolute Gasteiger partial charge is 0.395 e. The summed E-state index contributed by atoms with van der Waals surface area (Å²) in [6.45, 7) is 0. The Kier molecular flexibility index (Phi) is 6.48. The lowest BCUT2D eigenvalue weighted by atomic mass is 9.93. The van der Waals surface area contributed by atoms with Crippen LogP contribution in [0.1, 0.15) is 24.3 Å². The molecule has 0 aliphatic heterocycles. The lowest BCUT2D eigenvalue weighted by molar-refractivity contribution is -0.150. The summed E-state index contributed by atoms with van der Waals surface area (Å²) in [5.74, 6) is -3.96. The van der Waals surface area contributed by atoms with E-state index in [1.807, 2.05) is 0 Å². The molecule has 2 aromatic carbocycles. The molecule has 0 spiro atoms. The zero-order chi connectivity index (χ0) is 20.2. The minimum Gasteiger partial charge on any atom is -0.480 e. The summed E-state index contributed by atoms with van der Waals surface area (Å²) in [7, 11) is -3.36.